The number of halogens is 1. The second-order valence-electron chi connectivity index (χ2n) is 5.57. The standard InChI is InChI=1S/C18H19IN2O3/c1-11-4-12(2)6-16(5-11)24-10-17(22)21-20-9-14-8-15(19)7-13(3)18(14)23/h4-9,23H,10H2,1-3H3,(H,21,22)/b20-9-. The van der Waals surface area contributed by atoms with Crippen molar-refractivity contribution in [3.63, 3.8) is 0 Å². The normalized spacial score (nSPS) is 10.8. The fourth-order valence-corrected chi connectivity index (χ4v) is 3.03. The van der Waals surface area contributed by atoms with E-state index < -0.39 is 0 Å². The maximum Gasteiger partial charge on any atom is 0.277 e. The zero-order chi connectivity index (χ0) is 17.7. The largest absolute Gasteiger partial charge is 0.507 e. The monoisotopic (exact) mass is 438 g/mol. The third-order valence-electron chi connectivity index (χ3n) is 3.25. The van der Waals surface area contributed by atoms with Crippen LogP contribution in [0.4, 0.5) is 0 Å². The molecule has 2 aromatic carbocycles. The first-order valence-corrected chi connectivity index (χ1v) is 8.45. The highest BCUT2D eigenvalue weighted by molar-refractivity contribution is 14.1. The van der Waals surface area contributed by atoms with E-state index >= 15 is 0 Å². The van der Waals surface area contributed by atoms with E-state index in [0.29, 0.717) is 11.3 Å². The van der Waals surface area contributed by atoms with Crippen molar-refractivity contribution in [2.75, 3.05) is 6.61 Å². The molecule has 2 N–H and O–H groups in total. The van der Waals surface area contributed by atoms with Crippen LogP contribution >= 0.6 is 22.6 Å². The van der Waals surface area contributed by atoms with E-state index in [2.05, 4.69) is 33.1 Å². The Hall–Kier alpha value is -2.09. The summed E-state index contributed by atoms with van der Waals surface area (Å²) in [6, 6.07) is 9.42. The molecule has 1 amide bonds. The van der Waals surface area contributed by atoms with Gasteiger partial charge in [-0.1, -0.05) is 6.07 Å². The fourth-order valence-electron chi connectivity index (χ4n) is 2.23. The van der Waals surface area contributed by atoms with Crippen LogP contribution in [0.5, 0.6) is 11.5 Å². The van der Waals surface area contributed by atoms with Gasteiger partial charge in [-0.05, 0) is 84.3 Å². The molecule has 2 rings (SSSR count). The number of hydrogen-bond donors (Lipinski definition) is 2. The molecular formula is C18H19IN2O3. The summed E-state index contributed by atoms with van der Waals surface area (Å²) in [7, 11) is 0. The number of phenolic OH excluding ortho intramolecular Hbond substituents is 1. The Balaban J connectivity index is 1.91. The number of carbonyl (C=O) groups excluding carboxylic acids is 1. The van der Waals surface area contributed by atoms with Gasteiger partial charge in [0.2, 0.25) is 0 Å². The first-order valence-electron chi connectivity index (χ1n) is 7.37. The first-order chi connectivity index (χ1) is 11.3. The van der Waals surface area contributed by atoms with Crippen LogP contribution in [0.25, 0.3) is 0 Å². The Morgan fingerprint density at radius 3 is 2.54 bits per heavy atom. The summed E-state index contributed by atoms with van der Waals surface area (Å²) < 4.78 is 6.44. The molecule has 0 aliphatic heterocycles. The number of benzene rings is 2. The average Bonchev–Trinajstić information content (AvgIpc) is 2.49. The van der Waals surface area contributed by atoms with Crippen LogP contribution in [-0.2, 0) is 4.79 Å². The molecule has 0 aliphatic rings. The average molecular weight is 438 g/mol. The van der Waals surface area contributed by atoms with Gasteiger partial charge in [0.05, 0.1) is 6.21 Å². The van der Waals surface area contributed by atoms with Crippen molar-refractivity contribution in [2.45, 2.75) is 20.8 Å². The van der Waals surface area contributed by atoms with Gasteiger partial charge in [0, 0.05) is 9.13 Å². The van der Waals surface area contributed by atoms with Gasteiger partial charge in [-0.25, -0.2) is 5.43 Å². The number of aromatic hydroxyl groups is 1. The minimum absolute atomic E-state index is 0.127. The van der Waals surface area contributed by atoms with Crippen LogP contribution in [0.2, 0.25) is 0 Å². The smallest absolute Gasteiger partial charge is 0.277 e. The molecule has 0 saturated carbocycles. The Labute approximate surface area is 154 Å². The Kier molecular flexibility index (Phi) is 6.19. The van der Waals surface area contributed by atoms with Crippen LogP contribution in [0.15, 0.2) is 35.4 Å². The zero-order valence-electron chi connectivity index (χ0n) is 13.8. The van der Waals surface area contributed by atoms with Crippen LogP contribution in [0.3, 0.4) is 0 Å². The van der Waals surface area contributed by atoms with Gasteiger partial charge in [0.15, 0.2) is 6.61 Å². The molecular weight excluding hydrogens is 419 g/mol. The predicted molar refractivity (Wildman–Crippen MR) is 103 cm³/mol. The lowest BCUT2D eigenvalue weighted by atomic mass is 10.1. The summed E-state index contributed by atoms with van der Waals surface area (Å²) in [4.78, 5) is 11.8. The summed E-state index contributed by atoms with van der Waals surface area (Å²) in [6.45, 7) is 5.63. The van der Waals surface area contributed by atoms with Crippen molar-refractivity contribution in [1.29, 1.82) is 0 Å². The maximum atomic E-state index is 11.8. The molecule has 0 radical (unpaired) electrons. The van der Waals surface area contributed by atoms with Crippen molar-refractivity contribution in [1.82, 2.24) is 5.43 Å². The van der Waals surface area contributed by atoms with Crippen molar-refractivity contribution >= 4 is 34.7 Å². The number of hydrogen-bond acceptors (Lipinski definition) is 4. The SMILES string of the molecule is Cc1cc(C)cc(OCC(=O)N/N=C\c2cc(I)cc(C)c2O)c1. The Morgan fingerprint density at radius 1 is 1.21 bits per heavy atom. The molecule has 0 bridgehead atoms. The highest BCUT2D eigenvalue weighted by Gasteiger charge is 2.05. The number of amides is 1. The number of hydrazone groups is 1. The maximum absolute atomic E-state index is 11.8. The van der Waals surface area contributed by atoms with Gasteiger partial charge in [-0.3, -0.25) is 4.79 Å². The van der Waals surface area contributed by atoms with Gasteiger partial charge in [-0.15, -0.1) is 0 Å². The number of rotatable bonds is 5. The van der Waals surface area contributed by atoms with Gasteiger partial charge >= 0.3 is 0 Å². The molecule has 0 heterocycles. The second-order valence-corrected chi connectivity index (χ2v) is 6.81. The van der Waals surface area contributed by atoms with Gasteiger partial charge in [0.1, 0.15) is 11.5 Å². The molecule has 2 aromatic rings. The first kappa shape index (κ1) is 18.3. The number of aryl methyl sites for hydroxylation is 3. The molecule has 5 nitrogen and oxygen atoms in total. The quantitative estimate of drug-likeness (QED) is 0.427. The van der Waals surface area contributed by atoms with E-state index in [0.717, 1.165) is 20.3 Å². The van der Waals surface area contributed by atoms with E-state index in [1.54, 1.807) is 6.07 Å². The van der Waals surface area contributed by atoms with Crippen LogP contribution < -0.4 is 10.2 Å². The lowest BCUT2D eigenvalue weighted by Gasteiger charge is -2.07. The molecule has 24 heavy (non-hydrogen) atoms. The Bertz CT molecular complexity index is 768. The number of nitrogens with zero attached hydrogens (tertiary/aromatic N) is 1. The van der Waals surface area contributed by atoms with Crippen LogP contribution in [0, 0.1) is 24.3 Å². The summed E-state index contributed by atoms with van der Waals surface area (Å²) in [6.07, 6.45) is 1.42. The topological polar surface area (TPSA) is 70.9 Å². The van der Waals surface area contributed by atoms with Crippen molar-refractivity contribution in [2.24, 2.45) is 5.10 Å². The fraction of sp³-hybridized carbons (Fsp3) is 0.222. The van der Waals surface area contributed by atoms with Crippen molar-refractivity contribution < 1.29 is 14.6 Å². The highest BCUT2D eigenvalue weighted by atomic mass is 127. The number of phenols is 1. The molecule has 0 unspecified atom stereocenters. The van der Waals surface area contributed by atoms with Gasteiger partial charge in [0.25, 0.3) is 5.91 Å². The van der Waals surface area contributed by atoms with Gasteiger partial charge < -0.3 is 9.84 Å². The van der Waals surface area contributed by atoms with Crippen LogP contribution in [0.1, 0.15) is 22.3 Å². The Morgan fingerprint density at radius 2 is 1.88 bits per heavy atom. The van der Waals surface area contributed by atoms with E-state index in [-0.39, 0.29) is 18.3 Å². The molecule has 0 saturated heterocycles. The molecule has 0 aromatic heterocycles. The summed E-state index contributed by atoms with van der Waals surface area (Å²) in [5, 5.41) is 13.8. The minimum Gasteiger partial charge on any atom is -0.507 e. The summed E-state index contributed by atoms with van der Waals surface area (Å²) in [5.74, 6) is 0.435. The summed E-state index contributed by atoms with van der Waals surface area (Å²) in [5.41, 5.74) is 5.85. The lowest BCUT2D eigenvalue weighted by molar-refractivity contribution is -0.123. The molecule has 0 fully saturated rings. The zero-order valence-corrected chi connectivity index (χ0v) is 15.9. The molecule has 0 atom stereocenters. The van der Waals surface area contributed by atoms with Crippen molar-refractivity contribution in [3.8, 4) is 11.5 Å². The summed E-state index contributed by atoms with van der Waals surface area (Å²) >= 11 is 2.16. The predicted octanol–water partition coefficient (Wildman–Crippen LogP) is 3.45. The van der Waals surface area contributed by atoms with E-state index in [1.807, 2.05) is 45.0 Å². The third-order valence-corrected chi connectivity index (χ3v) is 3.88. The van der Waals surface area contributed by atoms with Gasteiger partial charge in [-0.2, -0.15) is 5.10 Å². The molecule has 0 aliphatic carbocycles. The number of ether oxygens (including phenoxy) is 1. The second kappa shape index (κ2) is 8.14. The molecule has 0 spiro atoms. The third kappa shape index (κ3) is 5.23. The molecule has 6 heteroatoms. The van der Waals surface area contributed by atoms with Crippen LogP contribution in [-0.4, -0.2) is 23.8 Å². The highest BCUT2D eigenvalue weighted by Crippen LogP contribution is 2.23. The lowest BCUT2D eigenvalue weighted by Crippen LogP contribution is -2.24. The number of nitrogens with one attached hydrogen (secondary N) is 1. The van der Waals surface area contributed by atoms with E-state index in [4.69, 9.17) is 4.74 Å². The van der Waals surface area contributed by atoms with E-state index in [9.17, 15) is 9.90 Å². The number of carbonyl (C=O) groups is 1. The minimum atomic E-state index is -0.368. The van der Waals surface area contributed by atoms with Crippen molar-refractivity contribution in [3.05, 3.63) is 56.2 Å². The molecule has 126 valence electrons. The van der Waals surface area contributed by atoms with E-state index in [1.165, 1.54) is 6.21 Å².